The number of guanidine groups is 1. The third-order valence-electron chi connectivity index (χ3n) is 3.60. The molecule has 1 aliphatic carbocycles. The number of nitrogens with zero attached hydrogens (tertiary/aromatic N) is 1. The van der Waals surface area contributed by atoms with Gasteiger partial charge in [-0.05, 0) is 19.8 Å². The summed E-state index contributed by atoms with van der Waals surface area (Å²) in [5, 5.41) is 9.38. The lowest BCUT2D eigenvalue weighted by Crippen LogP contribution is -2.42. The van der Waals surface area contributed by atoms with Crippen LogP contribution in [0.2, 0.25) is 0 Å². The van der Waals surface area contributed by atoms with Crippen LogP contribution >= 0.6 is 0 Å². The average Bonchev–Trinajstić information content (AvgIpc) is 2.52. The molecule has 1 aliphatic rings. The standard InChI is InChI=1S/C15H30N4O2/c1-3-16-15(19-11-12-21-2)18-10-9-17-14(20)13-7-5-4-6-8-13/h13H,3-12H2,1-2H3,(H,17,20)(H2,16,18,19). The van der Waals surface area contributed by atoms with Crippen LogP contribution in [0.5, 0.6) is 0 Å². The third-order valence-corrected chi connectivity index (χ3v) is 3.60. The zero-order valence-electron chi connectivity index (χ0n) is 13.4. The lowest BCUT2D eigenvalue weighted by atomic mass is 9.89. The molecule has 122 valence electrons. The summed E-state index contributed by atoms with van der Waals surface area (Å²) in [6, 6.07) is 0. The minimum Gasteiger partial charge on any atom is -0.383 e. The Morgan fingerprint density at radius 2 is 1.86 bits per heavy atom. The van der Waals surface area contributed by atoms with E-state index < -0.39 is 0 Å². The predicted octanol–water partition coefficient (Wildman–Crippen LogP) is 0.884. The van der Waals surface area contributed by atoms with Crippen molar-refractivity contribution >= 4 is 11.9 Å². The quantitative estimate of drug-likeness (QED) is 0.353. The van der Waals surface area contributed by atoms with Gasteiger partial charge in [0.2, 0.25) is 5.91 Å². The number of carbonyl (C=O) groups excluding carboxylic acids is 1. The Morgan fingerprint density at radius 1 is 1.14 bits per heavy atom. The van der Waals surface area contributed by atoms with E-state index in [9.17, 15) is 4.79 Å². The van der Waals surface area contributed by atoms with E-state index in [1.807, 2.05) is 6.92 Å². The van der Waals surface area contributed by atoms with Gasteiger partial charge in [0.1, 0.15) is 0 Å². The number of hydrogen-bond acceptors (Lipinski definition) is 3. The number of nitrogens with one attached hydrogen (secondary N) is 3. The van der Waals surface area contributed by atoms with Crippen LogP contribution in [0.25, 0.3) is 0 Å². The van der Waals surface area contributed by atoms with Crippen molar-refractivity contribution < 1.29 is 9.53 Å². The van der Waals surface area contributed by atoms with E-state index in [0.29, 0.717) is 26.2 Å². The summed E-state index contributed by atoms with van der Waals surface area (Å²) >= 11 is 0. The van der Waals surface area contributed by atoms with E-state index in [-0.39, 0.29) is 11.8 Å². The van der Waals surface area contributed by atoms with Crippen molar-refractivity contribution in [3.63, 3.8) is 0 Å². The van der Waals surface area contributed by atoms with Crippen molar-refractivity contribution in [2.45, 2.75) is 39.0 Å². The molecule has 1 rings (SSSR count). The van der Waals surface area contributed by atoms with Gasteiger partial charge in [-0.1, -0.05) is 19.3 Å². The summed E-state index contributed by atoms with van der Waals surface area (Å²) in [5.41, 5.74) is 0. The van der Waals surface area contributed by atoms with Gasteiger partial charge < -0.3 is 20.7 Å². The Bertz CT molecular complexity index is 315. The molecule has 0 radical (unpaired) electrons. The Balaban J connectivity index is 2.17. The second-order valence-corrected chi connectivity index (χ2v) is 5.31. The van der Waals surface area contributed by atoms with Crippen LogP contribution < -0.4 is 16.0 Å². The van der Waals surface area contributed by atoms with E-state index in [2.05, 4.69) is 20.9 Å². The summed E-state index contributed by atoms with van der Waals surface area (Å²) in [5.74, 6) is 1.20. The normalized spacial score (nSPS) is 16.6. The van der Waals surface area contributed by atoms with Gasteiger partial charge in [0.15, 0.2) is 5.96 Å². The van der Waals surface area contributed by atoms with E-state index in [1.54, 1.807) is 7.11 Å². The van der Waals surface area contributed by atoms with Crippen LogP contribution in [0.1, 0.15) is 39.0 Å². The first-order valence-corrected chi connectivity index (χ1v) is 8.06. The van der Waals surface area contributed by atoms with Gasteiger partial charge in [-0.15, -0.1) is 0 Å². The van der Waals surface area contributed by atoms with Crippen LogP contribution in [-0.4, -0.2) is 51.8 Å². The lowest BCUT2D eigenvalue weighted by molar-refractivity contribution is -0.125. The smallest absolute Gasteiger partial charge is 0.223 e. The van der Waals surface area contributed by atoms with Crippen molar-refractivity contribution in [3.8, 4) is 0 Å². The fourth-order valence-electron chi connectivity index (χ4n) is 2.47. The molecule has 0 spiro atoms. The highest BCUT2D eigenvalue weighted by atomic mass is 16.5. The maximum absolute atomic E-state index is 12.0. The summed E-state index contributed by atoms with van der Waals surface area (Å²) in [4.78, 5) is 16.3. The first-order valence-electron chi connectivity index (χ1n) is 8.06. The summed E-state index contributed by atoms with van der Waals surface area (Å²) in [7, 11) is 1.66. The first kappa shape index (κ1) is 17.8. The largest absolute Gasteiger partial charge is 0.383 e. The molecule has 1 amide bonds. The fraction of sp³-hybridized carbons (Fsp3) is 0.867. The summed E-state index contributed by atoms with van der Waals surface area (Å²) in [6.45, 7) is 5.38. The Hall–Kier alpha value is -1.30. The van der Waals surface area contributed by atoms with Crippen LogP contribution in [0, 0.1) is 5.92 Å². The van der Waals surface area contributed by atoms with Gasteiger partial charge in [-0.2, -0.15) is 0 Å². The molecule has 6 nitrogen and oxygen atoms in total. The molecule has 1 fully saturated rings. The number of aliphatic imine (C=N–C) groups is 1. The number of methoxy groups -OCH3 is 1. The van der Waals surface area contributed by atoms with Crippen LogP contribution in [-0.2, 0) is 9.53 Å². The maximum Gasteiger partial charge on any atom is 0.223 e. The van der Waals surface area contributed by atoms with Gasteiger partial charge in [-0.3, -0.25) is 9.79 Å². The average molecular weight is 298 g/mol. The second-order valence-electron chi connectivity index (χ2n) is 5.31. The molecule has 0 saturated heterocycles. The second kappa shape index (κ2) is 11.4. The van der Waals surface area contributed by atoms with Gasteiger partial charge in [0.25, 0.3) is 0 Å². The summed E-state index contributed by atoms with van der Waals surface area (Å²) < 4.78 is 4.97. The van der Waals surface area contributed by atoms with E-state index in [1.165, 1.54) is 19.3 Å². The molecule has 21 heavy (non-hydrogen) atoms. The number of carbonyl (C=O) groups is 1. The predicted molar refractivity (Wildman–Crippen MR) is 85.4 cm³/mol. The molecule has 0 aromatic carbocycles. The minimum absolute atomic E-state index is 0.206. The number of amides is 1. The van der Waals surface area contributed by atoms with Crippen LogP contribution in [0.3, 0.4) is 0 Å². The molecule has 0 aromatic heterocycles. The van der Waals surface area contributed by atoms with Crippen molar-refractivity contribution in [2.75, 3.05) is 39.9 Å². The Kier molecular flexibility index (Phi) is 9.61. The van der Waals surface area contributed by atoms with Crippen molar-refractivity contribution in [1.29, 1.82) is 0 Å². The highest BCUT2D eigenvalue weighted by molar-refractivity contribution is 5.80. The molecule has 0 bridgehead atoms. The van der Waals surface area contributed by atoms with E-state index >= 15 is 0 Å². The highest BCUT2D eigenvalue weighted by Gasteiger charge is 2.20. The van der Waals surface area contributed by atoms with Crippen molar-refractivity contribution in [1.82, 2.24) is 16.0 Å². The monoisotopic (exact) mass is 298 g/mol. The number of rotatable bonds is 8. The molecule has 0 unspecified atom stereocenters. The van der Waals surface area contributed by atoms with Crippen LogP contribution in [0.15, 0.2) is 4.99 Å². The molecule has 3 N–H and O–H groups in total. The first-order chi connectivity index (χ1) is 10.3. The number of hydrogen-bond donors (Lipinski definition) is 3. The van der Waals surface area contributed by atoms with Crippen molar-refractivity contribution in [2.24, 2.45) is 10.9 Å². The number of ether oxygens (including phenoxy) is 1. The molecular formula is C15H30N4O2. The molecule has 1 saturated carbocycles. The Labute approximate surface area is 128 Å². The highest BCUT2D eigenvalue weighted by Crippen LogP contribution is 2.23. The molecule has 0 aliphatic heterocycles. The van der Waals surface area contributed by atoms with E-state index in [4.69, 9.17) is 4.74 Å². The zero-order valence-corrected chi connectivity index (χ0v) is 13.4. The zero-order chi connectivity index (χ0) is 15.3. The third kappa shape index (κ3) is 7.90. The summed E-state index contributed by atoms with van der Waals surface area (Å²) in [6.07, 6.45) is 5.73. The van der Waals surface area contributed by atoms with Gasteiger partial charge in [0, 0.05) is 32.7 Å². The lowest BCUT2D eigenvalue weighted by Gasteiger charge is -2.21. The molecule has 0 heterocycles. The van der Waals surface area contributed by atoms with Gasteiger partial charge >= 0.3 is 0 Å². The van der Waals surface area contributed by atoms with Crippen LogP contribution in [0.4, 0.5) is 0 Å². The molecule has 0 aromatic rings. The molecule has 0 atom stereocenters. The van der Waals surface area contributed by atoms with E-state index in [0.717, 1.165) is 25.3 Å². The molecule has 6 heteroatoms. The minimum atomic E-state index is 0.206. The van der Waals surface area contributed by atoms with Gasteiger partial charge in [-0.25, -0.2) is 0 Å². The van der Waals surface area contributed by atoms with Crippen molar-refractivity contribution in [3.05, 3.63) is 0 Å². The molecular weight excluding hydrogens is 268 g/mol. The Morgan fingerprint density at radius 3 is 2.52 bits per heavy atom. The maximum atomic E-state index is 12.0. The SMILES string of the molecule is CCNC(=NCCOC)NCCNC(=O)C1CCCCC1. The fourth-order valence-corrected chi connectivity index (χ4v) is 2.47. The topological polar surface area (TPSA) is 74.8 Å². The van der Waals surface area contributed by atoms with Gasteiger partial charge in [0.05, 0.1) is 13.2 Å².